The van der Waals surface area contributed by atoms with Crippen LogP contribution in [-0.4, -0.2) is 9.57 Å². The molecule has 0 aromatic carbocycles. The quantitative estimate of drug-likeness (QED) is 0.519. The molecule has 44 valence electrons. The lowest BCUT2D eigenvalue weighted by Crippen LogP contribution is -2.17. The smallest absolute Gasteiger partial charge is 0.138 e. The molecule has 3 heteroatoms. The van der Waals surface area contributed by atoms with E-state index in [0.717, 1.165) is 4.32 Å². The van der Waals surface area contributed by atoms with Crippen molar-refractivity contribution in [2.24, 2.45) is 0 Å². The molecule has 1 nitrogen and oxygen atoms in total. The fourth-order valence-corrected chi connectivity index (χ4v) is 1.65. The second-order valence-corrected chi connectivity index (χ2v) is 3.67. The topological polar surface area (TPSA) is 12.0 Å². The molecular weight excluding hydrogens is 138 g/mol. The van der Waals surface area contributed by atoms with E-state index in [1.165, 1.54) is 0 Å². The van der Waals surface area contributed by atoms with Crippen LogP contribution in [0.1, 0.15) is 6.92 Å². The van der Waals surface area contributed by atoms with Crippen molar-refractivity contribution in [2.75, 3.05) is 0 Å². The maximum atomic E-state index is 4.88. The molecule has 1 rings (SSSR count). The van der Waals surface area contributed by atoms with E-state index < -0.39 is 0 Å². The molecule has 1 atom stereocenters. The van der Waals surface area contributed by atoms with Crippen molar-refractivity contribution in [3.05, 3.63) is 12.3 Å². The minimum absolute atomic E-state index is 0.545. The molecular formula is C5H7NS2. The molecule has 1 heterocycles. The molecule has 0 aliphatic carbocycles. The van der Waals surface area contributed by atoms with E-state index in [1.807, 2.05) is 6.20 Å². The third-order valence-electron chi connectivity index (χ3n) is 0.861. The van der Waals surface area contributed by atoms with Crippen LogP contribution >= 0.6 is 24.0 Å². The van der Waals surface area contributed by atoms with Crippen molar-refractivity contribution in [1.82, 2.24) is 5.32 Å². The lowest BCUT2D eigenvalue weighted by atomic mass is 10.4. The van der Waals surface area contributed by atoms with Gasteiger partial charge >= 0.3 is 0 Å². The van der Waals surface area contributed by atoms with Gasteiger partial charge in [0.25, 0.3) is 0 Å². The lowest BCUT2D eigenvalue weighted by molar-refractivity contribution is 1.19. The first-order chi connectivity index (χ1) is 3.79. The number of hydrogen-bond donors (Lipinski definition) is 1. The second-order valence-electron chi connectivity index (χ2n) is 1.61. The molecule has 0 amide bonds. The summed E-state index contributed by atoms with van der Waals surface area (Å²) < 4.78 is 0.875. The molecule has 0 spiro atoms. The summed E-state index contributed by atoms with van der Waals surface area (Å²) in [6.45, 7) is 2.12. The predicted octanol–water partition coefficient (Wildman–Crippen LogP) is 1.51. The average molecular weight is 145 g/mol. The monoisotopic (exact) mass is 145 g/mol. The number of rotatable bonds is 0. The molecule has 1 N–H and O–H groups in total. The van der Waals surface area contributed by atoms with Crippen LogP contribution in [-0.2, 0) is 0 Å². The van der Waals surface area contributed by atoms with Gasteiger partial charge in [0, 0.05) is 5.25 Å². The van der Waals surface area contributed by atoms with Gasteiger partial charge in [-0.2, -0.15) is 0 Å². The molecule has 0 saturated heterocycles. The molecule has 0 aromatic rings. The normalized spacial score (nSPS) is 27.6. The minimum Gasteiger partial charge on any atom is -0.348 e. The van der Waals surface area contributed by atoms with Gasteiger partial charge < -0.3 is 5.32 Å². The summed E-state index contributed by atoms with van der Waals surface area (Å²) in [5.74, 6) is 0. The Labute approximate surface area is 58.5 Å². The van der Waals surface area contributed by atoms with Gasteiger partial charge in [0.1, 0.15) is 4.32 Å². The number of thiocarbonyl (C=S) groups is 1. The molecule has 0 saturated carbocycles. The highest BCUT2D eigenvalue weighted by Gasteiger charge is 2.04. The number of hydrogen-bond acceptors (Lipinski definition) is 2. The molecule has 0 fully saturated rings. The van der Waals surface area contributed by atoms with E-state index in [4.69, 9.17) is 12.2 Å². The highest BCUT2D eigenvalue weighted by atomic mass is 32.2. The molecule has 1 unspecified atom stereocenters. The van der Waals surface area contributed by atoms with Crippen LogP contribution in [0.15, 0.2) is 12.3 Å². The summed E-state index contributed by atoms with van der Waals surface area (Å²) in [5.41, 5.74) is 0. The van der Waals surface area contributed by atoms with Gasteiger partial charge in [-0.3, -0.25) is 0 Å². The van der Waals surface area contributed by atoms with E-state index >= 15 is 0 Å². The van der Waals surface area contributed by atoms with Gasteiger partial charge in [-0.1, -0.05) is 30.1 Å². The van der Waals surface area contributed by atoms with Gasteiger partial charge in [-0.15, -0.1) is 0 Å². The summed E-state index contributed by atoms with van der Waals surface area (Å²) in [7, 11) is 0. The van der Waals surface area contributed by atoms with E-state index in [2.05, 4.69) is 18.3 Å². The molecule has 0 bridgehead atoms. The minimum atomic E-state index is 0.545. The Bertz CT molecular complexity index is 130. The Morgan fingerprint density at radius 1 is 1.88 bits per heavy atom. The van der Waals surface area contributed by atoms with Crippen molar-refractivity contribution in [3.8, 4) is 0 Å². The van der Waals surface area contributed by atoms with Crippen LogP contribution in [0.25, 0.3) is 0 Å². The SMILES string of the molecule is CC1C=CNC(=S)S1. The van der Waals surface area contributed by atoms with Gasteiger partial charge in [-0.05, 0) is 13.1 Å². The zero-order valence-electron chi connectivity index (χ0n) is 4.55. The Hall–Kier alpha value is -0.0200. The molecule has 1 aliphatic rings. The zero-order chi connectivity index (χ0) is 5.98. The van der Waals surface area contributed by atoms with Crippen LogP contribution in [0.4, 0.5) is 0 Å². The third kappa shape index (κ3) is 1.49. The van der Waals surface area contributed by atoms with Gasteiger partial charge in [0.15, 0.2) is 0 Å². The van der Waals surface area contributed by atoms with Crippen LogP contribution < -0.4 is 5.32 Å². The number of thioether (sulfide) groups is 1. The number of nitrogens with one attached hydrogen (secondary N) is 1. The third-order valence-corrected chi connectivity index (χ3v) is 2.13. The van der Waals surface area contributed by atoms with E-state index in [0.29, 0.717) is 5.25 Å². The molecule has 1 aliphatic heterocycles. The Morgan fingerprint density at radius 2 is 2.62 bits per heavy atom. The maximum absolute atomic E-state index is 4.88. The van der Waals surface area contributed by atoms with Gasteiger partial charge in [0.05, 0.1) is 0 Å². The van der Waals surface area contributed by atoms with Crippen molar-refractivity contribution in [2.45, 2.75) is 12.2 Å². The fraction of sp³-hybridized carbons (Fsp3) is 0.400. The van der Waals surface area contributed by atoms with Crippen molar-refractivity contribution < 1.29 is 0 Å². The van der Waals surface area contributed by atoms with Gasteiger partial charge in [-0.25, -0.2) is 0 Å². The van der Waals surface area contributed by atoms with Gasteiger partial charge in [0.2, 0.25) is 0 Å². The van der Waals surface area contributed by atoms with Crippen molar-refractivity contribution in [3.63, 3.8) is 0 Å². The zero-order valence-corrected chi connectivity index (χ0v) is 6.18. The van der Waals surface area contributed by atoms with E-state index in [1.54, 1.807) is 11.8 Å². The Morgan fingerprint density at radius 3 is 3.00 bits per heavy atom. The molecule has 0 radical (unpaired) electrons. The molecule has 8 heavy (non-hydrogen) atoms. The fourth-order valence-electron chi connectivity index (χ4n) is 0.494. The average Bonchev–Trinajstić information content (AvgIpc) is 1.64. The highest BCUT2D eigenvalue weighted by Crippen LogP contribution is 2.15. The van der Waals surface area contributed by atoms with Crippen molar-refractivity contribution in [1.29, 1.82) is 0 Å². The van der Waals surface area contributed by atoms with Crippen LogP contribution in [0.2, 0.25) is 0 Å². The first kappa shape index (κ1) is 6.11. The summed E-state index contributed by atoms with van der Waals surface area (Å²) in [6, 6.07) is 0. The predicted molar refractivity (Wildman–Crippen MR) is 41.9 cm³/mol. The largest absolute Gasteiger partial charge is 0.348 e. The van der Waals surface area contributed by atoms with E-state index in [-0.39, 0.29) is 0 Å². The van der Waals surface area contributed by atoms with Crippen LogP contribution in [0.5, 0.6) is 0 Å². The maximum Gasteiger partial charge on any atom is 0.138 e. The Kier molecular flexibility index (Phi) is 1.91. The summed E-state index contributed by atoms with van der Waals surface area (Å²) in [5, 5.41) is 3.47. The second kappa shape index (κ2) is 2.51. The van der Waals surface area contributed by atoms with Crippen LogP contribution in [0, 0.1) is 0 Å². The van der Waals surface area contributed by atoms with Crippen molar-refractivity contribution >= 4 is 28.3 Å². The Balaban J connectivity index is 2.54. The lowest BCUT2D eigenvalue weighted by Gasteiger charge is -2.11. The summed E-state index contributed by atoms with van der Waals surface area (Å²) in [6.07, 6.45) is 3.98. The standard InChI is InChI=1S/C5H7NS2/c1-4-2-3-6-5(7)8-4/h2-4H,1H3,(H,6,7). The summed E-state index contributed by atoms with van der Waals surface area (Å²) in [4.78, 5) is 0. The van der Waals surface area contributed by atoms with Crippen LogP contribution in [0.3, 0.4) is 0 Å². The summed E-state index contributed by atoms with van der Waals surface area (Å²) >= 11 is 6.56. The first-order valence-corrected chi connectivity index (χ1v) is 3.71. The first-order valence-electron chi connectivity index (χ1n) is 2.43. The molecule has 0 aromatic heterocycles. The highest BCUT2D eigenvalue weighted by molar-refractivity contribution is 8.23. The van der Waals surface area contributed by atoms with E-state index in [9.17, 15) is 0 Å².